The molecule has 4 heteroatoms. The lowest BCUT2D eigenvalue weighted by Crippen LogP contribution is -2.05. The number of hydrogen-bond acceptors (Lipinski definition) is 3. The van der Waals surface area contributed by atoms with Gasteiger partial charge in [-0.05, 0) is 6.07 Å². The molecule has 0 aliphatic heterocycles. The topological polar surface area (TPSA) is 15.6 Å². The van der Waals surface area contributed by atoms with Gasteiger partial charge in [0.15, 0.2) is 0 Å². The predicted octanol–water partition coefficient (Wildman–Crippen LogP) is 2.48. The monoisotopic (exact) mass is 224 g/mol. The number of nitrogens with zero attached hydrogens (tertiary/aromatic N) is 2. The fraction of sp³-hybridized carbons (Fsp3) is 0.273. The Bertz CT molecular complexity index is 375. The van der Waals surface area contributed by atoms with E-state index in [0.29, 0.717) is 16.8 Å². The van der Waals surface area contributed by atoms with Crippen molar-refractivity contribution < 1.29 is 4.39 Å². The molecule has 0 saturated carbocycles. The minimum absolute atomic E-state index is 0.277. The molecule has 0 unspecified atom stereocenters. The zero-order valence-electron chi connectivity index (χ0n) is 8.77. The number of hydrazone groups is 1. The quantitative estimate of drug-likeness (QED) is 0.338. The summed E-state index contributed by atoms with van der Waals surface area (Å²) in [6, 6.07) is 6.51. The first-order valence-electron chi connectivity index (χ1n) is 4.58. The molecule has 0 aromatic heterocycles. The van der Waals surface area contributed by atoms with Crippen LogP contribution in [0.15, 0.2) is 29.4 Å². The van der Waals surface area contributed by atoms with Crippen molar-refractivity contribution in [3.63, 3.8) is 0 Å². The van der Waals surface area contributed by atoms with Gasteiger partial charge in [-0.2, -0.15) is 5.10 Å². The Kier molecular flexibility index (Phi) is 4.37. The number of rotatable bonds is 4. The summed E-state index contributed by atoms with van der Waals surface area (Å²) in [6.07, 6.45) is 2.16. The van der Waals surface area contributed by atoms with Crippen LogP contribution in [-0.2, 0) is 0 Å². The fourth-order valence-electron chi connectivity index (χ4n) is 1.08. The van der Waals surface area contributed by atoms with Crippen LogP contribution >= 0.6 is 12.2 Å². The Hall–Kier alpha value is -1.29. The van der Waals surface area contributed by atoms with E-state index in [0.717, 1.165) is 0 Å². The molecule has 0 aliphatic carbocycles. The molecule has 0 saturated heterocycles. The van der Waals surface area contributed by atoms with Crippen LogP contribution in [0.3, 0.4) is 0 Å². The van der Waals surface area contributed by atoms with Gasteiger partial charge in [0.1, 0.15) is 5.82 Å². The molecule has 0 amide bonds. The van der Waals surface area contributed by atoms with E-state index in [1.165, 1.54) is 6.07 Å². The van der Waals surface area contributed by atoms with E-state index >= 15 is 0 Å². The number of halogens is 1. The van der Waals surface area contributed by atoms with Gasteiger partial charge in [-0.25, -0.2) is 4.39 Å². The third-order valence-electron chi connectivity index (χ3n) is 1.76. The van der Waals surface area contributed by atoms with E-state index in [4.69, 9.17) is 12.2 Å². The van der Waals surface area contributed by atoms with Crippen molar-refractivity contribution in [2.45, 2.75) is 6.42 Å². The first-order chi connectivity index (χ1) is 7.11. The molecule has 0 N–H and O–H groups in total. The normalized spacial score (nSPS) is 10.6. The molecule has 0 radical (unpaired) electrons. The van der Waals surface area contributed by atoms with Crippen LogP contribution in [0.4, 0.5) is 4.39 Å². The van der Waals surface area contributed by atoms with E-state index in [1.54, 1.807) is 29.4 Å². The molecule has 1 rings (SSSR count). The molecule has 2 nitrogen and oxygen atoms in total. The summed E-state index contributed by atoms with van der Waals surface area (Å²) in [6.45, 7) is 0. The van der Waals surface area contributed by atoms with Gasteiger partial charge in [-0.3, -0.25) is 0 Å². The van der Waals surface area contributed by atoms with Crippen molar-refractivity contribution in [1.29, 1.82) is 0 Å². The Morgan fingerprint density at radius 2 is 2.13 bits per heavy atom. The van der Waals surface area contributed by atoms with Crippen LogP contribution in [0.25, 0.3) is 0 Å². The zero-order valence-corrected chi connectivity index (χ0v) is 9.59. The summed E-state index contributed by atoms with van der Waals surface area (Å²) >= 11 is 5.11. The van der Waals surface area contributed by atoms with Crippen molar-refractivity contribution in [2.24, 2.45) is 5.10 Å². The van der Waals surface area contributed by atoms with E-state index in [-0.39, 0.29) is 5.82 Å². The third kappa shape index (κ3) is 3.75. The van der Waals surface area contributed by atoms with Gasteiger partial charge in [-0.1, -0.05) is 30.4 Å². The number of benzene rings is 1. The highest BCUT2D eigenvalue weighted by Gasteiger charge is 2.04. The molecule has 80 valence electrons. The molecule has 0 spiro atoms. The van der Waals surface area contributed by atoms with E-state index < -0.39 is 0 Å². The summed E-state index contributed by atoms with van der Waals surface area (Å²) in [5, 5.41) is 5.69. The molecule has 1 aromatic carbocycles. The lowest BCUT2D eigenvalue weighted by atomic mass is 10.1. The highest BCUT2D eigenvalue weighted by molar-refractivity contribution is 7.80. The smallest absolute Gasteiger partial charge is 0.131 e. The standard InChI is InChI=1S/C11H13FN2S/c1-14(2)13-8-7-11(15)9-5-3-4-6-10(9)12/h3-6,8H,7H2,1-2H3/b13-8+. The predicted molar refractivity (Wildman–Crippen MR) is 64.9 cm³/mol. The second-order valence-electron chi connectivity index (χ2n) is 3.25. The summed E-state index contributed by atoms with van der Waals surface area (Å²) in [4.78, 5) is 0.568. The largest absolute Gasteiger partial charge is 0.303 e. The van der Waals surface area contributed by atoms with Crippen molar-refractivity contribution in [3.8, 4) is 0 Å². The third-order valence-corrected chi connectivity index (χ3v) is 2.15. The van der Waals surface area contributed by atoms with Gasteiger partial charge < -0.3 is 5.01 Å². The number of hydrogen-bond donors (Lipinski definition) is 0. The van der Waals surface area contributed by atoms with Gasteiger partial charge in [0, 0.05) is 37.2 Å². The highest BCUT2D eigenvalue weighted by Crippen LogP contribution is 2.09. The lowest BCUT2D eigenvalue weighted by molar-refractivity contribution is 0.439. The minimum atomic E-state index is -0.277. The van der Waals surface area contributed by atoms with Crippen molar-refractivity contribution >= 4 is 23.3 Å². The van der Waals surface area contributed by atoms with E-state index in [2.05, 4.69) is 5.10 Å². The Balaban J connectivity index is 2.66. The maximum Gasteiger partial charge on any atom is 0.131 e. The van der Waals surface area contributed by atoms with Crippen LogP contribution in [0, 0.1) is 5.82 Å². The molecule has 0 fully saturated rings. The lowest BCUT2D eigenvalue weighted by Gasteiger charge is -2.04. The average molecular weight is 224 g/mol. The molecule has 0 heterocycles. The summed E-state index contributed by atoms with van der Waals surface area (Å²) in [5.41, 5.74) is 0.484. The Morgan fingerprint density at radius 3 is 2.73 bits per heavy atom. The second-order valence-corrected chi connectivity index (χ2v) is 3.75. The van der Waals surface area contributed by atoms with Crippen LogP contribution in [0.2, 0.25) is 0 Å². The highest BCUT2D eigenvalue weighted by atomic mass is 32.1. The minimum Gasteiger partial charge on any atom is -0.303 e. The first-order valence-corrected chi connectivity index (χ1v) is 4.99. The molecule has 15 heavy (non-hydrogen) atoms. The van der Waals surface area contributed by atoms with Crippen molar-refractivity contribution in [3.05, 3.63) is 35.6 Å². The SMILES string of the molecule is CN(C)/N=C/CC(=S)c1ccccc1F. The second kappa shape index (κ2) is 5.56. The molecule has 0 atom stereocenters. The van der Waals surface area contributed by atoms with Crippen LogP contribution in [0.5, 0.6) is 0 Å². The number of thiocarbonyl (C=S) groups is 1. The van der Waals surface area contributed by atoms with E-state index in [9.17, 15) is 4.39 Å². The average Bonchev–Trinajstić information content (AvgIpc) is 2.17. The molecular formula is C11H13FN2S. The van der Waals surface area contributed by atoms with Crippen molar-refractivity contribution in [2.75, 3.05) is 14.1 Å². The summed E-state index contributed by atoms with van der Waals surface area (Å²) in [5.74, 6) is -0.277. The first kappa shape index (κ1) is 11.8. The van der Waals surface area contributed by atoms with Crippen LogP contribution in [0.1, 0.15) is 12.0 Å². The van der Waals surface area contributed by atoms with E-state index in [1.807, 2.05) is 14.1 Å². The van der Waals surface area contributed by atoms with Gasteiger partial charge in [0.2, 0.25) is 0 Å². The zero-order chi connectivity index (χ0) is 11.3. The summed E-state index contributed by atoms with van der Waals surface area (Å²) < 4.78 is 13.3. The molecule has 1 aromatic rings. The van der Waals surface area contributed by atoms with Gasteiger partial charge in [0.25, 0.3) is 0 Å². The van der Waals surface area contributed by atoms with Crippen LogP contribution < -0.4 is 0 Å². The Morgan fingerprint density at radius 1 is 1.47 bits per heavy atom. The Labute approximate surface area is 94.4 Å². The van der Waals surface area contributed by atoms with Gasteiger partial charge in [-0.15, -0.1) is 0 Å². The van der Waals surface area contributed by atoms with Gasteiger partial charge >= 0.3 is 0 Å². The van der Waals surface area contributed by atoms with Crippen molar-refractivity contribution in [1.82, 2.24) is 5.01 Å². The molecule has 0 aliphatic rings. The fourth-order valence-corrected chi connectivity index (χ4v) is 1.32. The molecule has 0 bridgehead atoms. The van der Waals surface area contributed by atoms with Gasteiger partial charge in [0.05, 0.1) is 0 Å². The molecular weight excluding hydrogens is 211 g/mol. The summed E-state index contributed by atoms with van der Waals surface area (Å²) in [7, 11) is 3.64. The maximum absolute atomic E-state index is 13.3. The van der Waals surface area contributed by atoms with Crippen LogP contribution in [-0.4, -0.2) is 30.2 Å². The maximum atomic E-state index is 13.3.